The zero-order valence-electron chi connectivity index (χ0n) is 4.72. The molecule has 0 bridgehead atoms. The van der Waals surface area contributed by atoms with Gasteiger partial charge >= 0.3 is 0 Å². The van der Waals surface area contributed by atoms with Gasteiger partial charge in [0, 0.05) is 0 Å². The second-order valence-electron chi connectivity index (χ2n) is 1.36. The van der Waals surface area contributed by atoms with Crippen LogP contribution in [-0.4, -0.2) is 11.0 Å². The monoisotopic (exact) mass is 115 g/mol. The number of primary amides is 1. The Hall–Kier alpha value is -0.990. The van der Waals surface area contributed by atoms with E-state index in [1.807, 2.05) is 0 Å². The normalized spacial score (nSPS) is 11.4. The molecule has 0 fully saturated rings. The van der Waals surface area contributed by atoms with E-state index in [1.165, 1.54) is 6.08 Å². The van der Waals surface area contributed by atoms with E-state index in [0.29, 0.717) is 6.42 Å². The highest BCUT2D eigenvalue weighted by molar-refractivity contribution is 5.89. The van der Waals surface area contributed by atoms with Crippen LogP contribution in [0.5, 0.6) is 0 Å². The molecule has 0 aromatic heterocycles. The van der Waals surface area contributed by atoms with Crippen LogP contribution < -0.4 is 5.73 Å². The molecular weight excluding hydrogens is 106 g/mol. The fourth-order valence-corrected chi connectivity index (χ4v) is 0.294. The van der Waals surface area contributed by atoms with Gasteiger partial charge in [-0.3, -0.25) is 4.79 Å². The van der Waals surface area contributed by atoms with Crippen molar-refractivity contribution < 1.29 is 9.90 Å². The van der Waals surface area contributed by atoms with Crippen LogP contribution in [0.25, 0.3) is 0 Å². The number of rotatable bonds is 2. The van der Waals surface area contributed by atoms with E-state index in [-0.39, 0.29) is 5.76 Å². The maximum absolute atomic E-state index is 9.99. The molecule has 0 aromatic rings. The molecule has 3 nitrogen and oxygen atoms in total. The highest BCUT2D eigenvalue weighted by Crippen LogP contribution is 1.87. The van der Waals surface area contributed by atoms with E-state index >= 15 is 0 Å². The summed E-state index contributed by atoms with van der Waals surface area (Å²) in [5.41, 5.74) is 4.66. The van der Waals surface area contributed by atoms with Gasteiger partial charge in [0.2, 0.25) is 0 Å². The van der Waals surface area contributed by atoms with Gasteiger partial charge in [-0.1, -0.05) is 6.92 Å². The SMILES string of the molecule is CC/C=C(\O)C(N)=O. The lowest BCUT2D eigenvalue weighted by atomic mass is 10.4. The molecule has 0 aromatic carbocycles. The number of carbonyl (C=O) groups is 1. The van der Waals surface area contributed by atoms with Crippen molar-refractivity contribution in [3.63, 3.8) is 0 Å². The van der Waals surface area contributed by atoms with E-state index in [4.69, 9.17) is 5.11 Å². The van der Waals surface area contributed by atoms with Crippen molar-refractivity contribution in [1.82, 2.24) is 0 Å². The molecule has 0 saturated heterocycles. The molecule has 3 heteroatoms. The van der Waals surface area contributed by atoms with E-state index in [0.717, 1.165) is 0 Å². The van der Waals surface area contributed by atoms with E-state index < -0.39 is 5.91 Å². The molecule has 0 atom stereocenters. The number of hydrogen-bond donors (Lipinski definition) is 2. The van der Waals surface area contributed by atoms with Gasteiger partial charge in [0.25, 0.3) is 5.91 Å². The first kappa shape index (κ1) is 7.01. The Morgan fingerprint density at radius 2 is 2.38 bits per heavy atom. The molecule has 0 heterocycles. The Labute approximate surface area is 47.8 Å². The second kappa shape index (κ2) is 3.07. The summed E-state index contributed by atoms with van der Waals surface area (Å²) in [6.07, 6.45) is 1.98. The van der Waals surface area contributed by atoms with Crippen LogP contribution in [0.3, 0.4) is 0 Å². The number of allylic oxidation sites excluding steroid dienone is 1. The van der Waals surface area contributed by atoms with Gasteiger partial charge in [-0.15, -0.1) is 0 Å². The van der Waals surface area contributed by atoms with Crippen LogP contribution in [-0.2, 0) is 4.79 Å². The molecule has 0 rings (SSSR count). The number of amides is 1. The number of aliphatic hydroxyl groups is 1. The first-order valence-corrected chi connectivity index (χ1v) is 2.37. The van der Waals surface area contributed by atoms with Gasteiger partial charge in [0.1, 0.15) is 0 Å². The van der Waals surface area contributed by atoms with Gasteiger partial charge in [-0.2, -0.15) is 0 Å². The van der Waals surface area contributed by atoms with Crippen LogP contribution in [0.2, 0.25) is 0 Å². The van der Waals surface area contributed by atoms with Crippen LogP contribution >= 0.6 is 0 Å². The minimum Gasteiger partial charge on any atom is -0.503 e. The highest BCUT2D eigenvalue weighted by Gasteiger charge is 1.95. The summed E-state index contributed by atoms with van der Waals surface area (Å²) >= 11 is 0. The molecule has 0 spiro atoms. The van der Waals surface area contributed by atoms with Crippen LogP contribution in [0, 0.1) is 0 Å². The minimum absolute atomic E-state index is 0.354. The van der Waals surface area contributed by atoms with E-state index in [9.17, 15) is 4.79 Å². The van der Waals surface area contributed by atoms with Crippen LogP contribution in [0.1, 0.15) is 13.3 Å². The number of carbonyl (C=O) groups excluding carboxylic acids is 1. The summed E-state index contributed by atoms with van der Waals surface area (Å²) in [5.74, 6) is -1.13. The van der Waals surface area contributed by atoms with Crippen molar-refractivity contribution in [2.45, 2.75) is 13.3 Å². The Morgan fingerprint density at radius 1 is 1.88 bits per heavy atom. The van der Waals surface area contributed by atoms with Gasteiger partial charge in [0.05, 0.1) is 0 Å². The molecule has 0 aliphatic carbocycles. The third-order valence-electron chi connectivity index (χ3n) is 0.650. The average Bonchev–Trinajstić information content (AvgIpc) is 1.67. The molecule has 1 amide bonds. The largest absolute Gasteiger partial charge is 0.503 e. The number of hydrogen-bond acceptors (Lipinski definition) is 2. The van der Waals surface area contributed by atoms with E-state index in [2.05, 4.69) is 5.73 Å². The summed E-state index contributed by atoms with van der Waals surface area (Å²) in [5, 5.41) is 8.51. The van der Waals surface area contributed by atoms with Crippen molar-refractivity contribution in [1.29, 1.82) is 0 Å². The first-order valence-electron chi connectivity index (χ1n) is 2.37. The van der Waals surface area contributed by atoms with Crippen molar-refractivity contribution in [2.24, 2.45) is 5.73 Å². The smallest absolute Gasteiger partial charge is 0.283 e. The third kappa shape index (κ3) is 2.23. The summed E-state index contributed by atoms with van der Waals surface area (Å²) in [6, 6.07) is 0. The molecule has 0 aliphatic heterocycles. The van der Waals surface area contributed by atoms with Crippen molar-refractivity contribution in [3.8, 4) is 0 Å². The molecule has 46 valence electrons. The molecule has 0 aliphatic rings. The summed E-state index contributed by atoms with van der Waals surface area (Å²) in [4.78, 5) is 9.99. The third-order valence-corrected chi connectivity index (χ3v) is 0.650. The standard InChI is InChI=1S/C5H9NO2/c1-2-3-4(7)5(6)8/h3,7H,2H2,1H3,(H2,6,8)/b4-3-. The molecular formula is C5H9NO2. The predicted molar refractivity (Wildman–Crippen MR) is 30.2 cm³/mol. The second-order valence-corrected chi connectivity index (χ2v) is 1.36. The zero-order valence-corrected chi connectivity index (χ0v) is 4.72. The summed E-state index contributed by atoms with van der Waals surface area (Å²) < 4.78 is 0. The molecule has 8 heavy (non-hydrogen) atoms. The lowest BCUT2D eigenvalue weighted by molar-refractivity contribution is -0.116. The van der Waals surface area contributed by atoms with Crippen LogP contribution in [0.15, 0.2) is 11.8 Å². The summed E-state index contributed by atoms with van der Waals surface area (Å²) in [7, 11) is 0. The van der Waals surface area contributed by atoms with Gasteiger partial charge in [-0.25, -0.2) is 0 Å². The highest BCUT2D eigenvalue weighted by atomic mass is 16.3. The molecule has 0 unspecified atom stereocenters. The fraction of sp³-hybridized carbons (Fsp3) is 0.400. The summed E-state index contributed by atoms with van der Waals surface area (Å²) in [6.45, 7) is 1.80. The van der Waals surface area contributed by atoms with Crippen molar-refractivity contribution in [3.05, 3.63) is 11.8 Å². The zero-order chi connectivity index (χ0) is 6.57. The van der Waals surface area contributed by atoms with Crippen LogP contribution in [0.4, 0.5) is 0 Å². The van der Waals surface area contributed by atoms with Gasteiger partial charge in [-0.05, 0) is 12.5 Å². The lowest BCUT2D eigenvalue weighted by Crippen LogP contribution is -2.12. The Balaban J connectivity index is 3.80. The lowest BCUT2D eigenvalue weighted by Gasteiger charge is -1.87. The van der Waals surface area contributed by atoms with Gasteiger partial charge in [0.15, 0.2) is 5.76 Å². The Kier molecular flexibility index (Phi) is 2.69. The minimum atomic E-state index is -0.771. The van der Waals surface area contributed by atoms with Crippen molar-refractivity contribution >= 4 is 5.91 Å². The Morgan fingerprint density at radius 3 is 2.50 bits per heavy atom. The first-order chi connectivity index (χ1) is 3.68. The van der Waals surface area contributed by atoms with Crippen molar-refractivity contribution in [2.75, 3.05) is 0 Å². The Bertz CT molecular complexity index is 118. The quantitative estimate of drug-likeness (QED) is 0.402. The molecule has 0 saturated carbocycles. The number of aliphatic hydroxyl groups excluding tert-OH is 1. The average molecular weight is 115 g/mol. The predicted octanol–water partition coefficient (Wildman–Crippen LogP) is 0.324. The fourth-order valence-electron chi connectivity index (χ4n) is 0.294. The maximum Gasteiger partial charge on any atom is 0.283 e. The molecule has 0 radical (unpaired) electrons. The number of nitrogens with two attached hydrogens (primary N) is 1. The van der Waals surface area contributed by atoms with Gasteiger partial charge < -0.3 is 10.8 Å². The topological polar surface area (TPSA) is 63.3 Å². The maximum atomic E-state index is 9.99. The van der Waals surface area contributed by atoms with E-state index in [1.54, 1.807) is 6.92 Å². The molecule has 3 N–H and O–H groups in total.